The molecule has 0 radical (unpaired) electrons. The molecule has 0 saturated carbocycles. The lowest BCUT2D eigenvalue weighted by Gasteiger charge is -2.23. The van der Waals surface area contributed by atoms with Crippen LogP contribution in [-0.4, -0.2) is 19.0 Å². The van der Waals surface area contributed by atoms with Crippen molar-refractivity contribution in [3.05, 3.63) is 65.7 Å². The number of anilines is 1. The number of para-hydroxylation sites is 1. The van der Waals surface area contributed by atoms with E-state index in [9.17, 15) is 4.79 Å². The Kier molecular flexibility index (Phi) is 5.12. The summed E-state index contributed by atoms with van der Waals surface area (Å²) in [5, 5.41) is 0. The molecule has 0 saturated heterocycles. The van der Waals surface area contributed by atoms with Crippen molar-refractivity contribution in [3.8, 4) is 0 Å². The summed E-state index contributed by atoms with van der Waals surface area (Å²) in [6, 6.07) is 17.5. The van der Waals surface area contributed by atoms with Crippen molar-refractivity contribution in [2.45, 2.75) is 25.8 Å². The third kappa shape index (κ3) is 3.92. The van der Waals surface area contributed by atoms with Crippen LogP contribution in [0.1, 0.15) is 17.5 Å². The van der Waals surface area contributed by atoms with Crippen LogP contribution in [0.3, 0.4) is 0 Å². The second-order valence-electron chi connectivity index (χ2n) is 5.31. The van der Waals surface area contributed by atoms with Crippen LogP contribution in [0.4, 0.5) is 5.69 Å². The van der Waals surface area contributed by atoms with E-state index in [1.54, 1.807) is 11.9 Å². The molecule has 2 N–H and O–H groups in total. The number of hydrogen-bond acceptors (Lipinski definition) is 2. The Balaban J connectivity index is 1.97. The fourth-order valence-electron chi connectivity index (χ4n) is 2.40. The number of carbonyl (C=O) groups excluding carboxylic acids is 1. The molecule has 0 unspecified atom stereocenters. The largest absolute Gasteiger partial charge is 0.320 e. The maximum atomic E-state index is 12.4. The second-order valence-corrected chi connectivity index (χ2v) is 5.31. The number of carbonyl (C=O) groups is 1. The normalized spacial score (nSPS) is 12.0. The van der Waals surface area contributed by atoms with Crippen LogP contribution in [0.15, 0.2) is 54.6 Å². The third-order valence-corrected chi connectivity index (χ3v) is 3.71. The van der Waals surface area contributed by atoms with Crippen LogP contribution in [-0.2, 0) is 11.2 Å². The molecule has 0 fully saturated rings. The molecule has 110 valence electrons. The van der Waals surface area contributed by atoms with Crippen molar-refractivity contribution in [3.63, 3.8) is 0 Å². The molecule has 2 aromatic rings. The summed E-state index contributed by atoms with van der Waals surface area (Å²) >= 11 is 0. The van der Waals surface area contributed by atoms with E-state index in [0.29, 0.717) is 6.42 Å². The fourth-order valence-corrected chi connectivity index (χ4v) is 2.40. The SMILES string of the molecule is Cc1ccccc1N(C)C(=O)[C@@H](N)CCc1ccccc1. The van der Waals surface area contributed by atoms with Crippen LogP contribution >= 0.6 is 0 Å². The minimum atomic E-state index is -0.477. The molecular formula is C18H22N2O. The van der Waals surface area contributed by atoms with Gasteiger partial charge in [-0.25, -0.2) is 0 Å². The highest BCUT2D eigenvalue weighted by Crippen LogP contribution is 2.19. The van der Waals surface area contributed by atoms with Gasteiger partial charge in [0.05, 0.1) is 6.04 Å². The van der Waals surface area contributed by atoms with Crippen LogP contribution < -0.4 is 10.6 Å². The Bertz CT molecular complexity index is 595. The van der Waals surface area contributed by atoms with Gasteiger partial charge in [0.15, 0.2) is 0 Å². The molecule has 0 aliphatic heterocycles. The summed E-state index contributed by atoms with van der Waals surface area (Å²) in [6.07, 6.45) is 1.47. The van der Waals surface area contributed by atoms with E-state index in [4.69, 9.17) is 5.73 Å². The zero-order valence-electron chi connectivity index (χ0n) is 12.6. The van der Waals surface area contributed by atoms with E-state index in [2.05, 4.69) is 12.1 Å². The van der Waals surface area contributed by atoms with E-state index in [0.717, 1.165) is 17.7 Å². The highest BCUT2D eigenvalue weighted by Gasteiger charge is 2.19. The molecule has 1 amide bonds. The molecule has 21 heavy (non-hydrogen) atoms. The van der Waals surface area contributed by atoms with E-state index in [-0.39, 0.29) is 5.91 Å². The van der Waals surface area contributed by atoms with Gasteiger partial charge in [-0.15, -0.1) is 0 Å². The standard InChI is InChI=1S/C18H22N2O/c1-14-8-6-7-11-17(14)20(2)18(21)16(19)13-12-15-9-4-3-5-10-15/h3-11,16H,12-13,19H2,1-2H3/t16-/m0/s1. The van der Waals surface area contributed by atoms with Crippen molar-refractivity contribution in [2.24, 2.45) is 5.73 Å². The number of nitrogens with two attached hydrogens (primary N) is 1. The molecule has 1 atom stereocenters. The summed E-state index contributed by atoms with van der Waals surface area (Å²) < 4.78 is 0. The predicted molar refractivity (Wildman–Crippen MR) is 87.3 cm³/mol. The highest BCUT2D eigenvalue weighted by molar-refractivity contribution is 5.97. The van der Waals surface area contributed by atoms with Crippen LogP contribution in [0, 0.1) is 6.92 Å². The zero-order valence-corrected chi connectivity index (χ0v) is 12.6. The third-order valence-electron chi connectivity index (χ3n) is 3.71. The Morgan fingerprint density at radius 3 is 2.38 bits per heavy atom. The van der Waals surface area contributed by atoms with Crippen molar-refractivity contribution in [2.75, 3.05) is 11.9 Å². The average molecular weight is 282 g/mol. The van der Waals surface area contributed by atoms with Crippen molar-refractivity contribution >= 4 is 11.6 Å². The number of benzene rings is 2. The maximum absolute atomic E-state index is 12.4. The van der Waals surface area contributed by atoms with Crippen molar-refractivity contribution in [1.29, 1.82) is 0 Å². The van der Waals surface area contributed by atoms with Gasteiger partial charge in [-0.05, 0) is 37.0 Å². The molecule has 2 aromatic carbocycles. The highest BCUT2D eigenvalue weighted by atomic mass is 16.2. The molecule has 0 heterocycles. The number of rotatable bonds is 5. The summed E-state index contributed by atoms with van der Waals surface area (Å²) in [6.45, 7) is 1.99. The Morgan fingerprint density at radius 1 is 1.10 bits per heavy atom. The lowest BCUT2D eigenvalue weighted by Crippen LogP contribution is -2.42. The minimum Gasteiger partial charge on any atom is -0.320 e. The van der Waals surface area contributed by atoms with Gasteiger partial charge in [0.2, 0.25) is 5.91 Å². The van der Waals surface area contributed by atoms with Gasteiger partial charge in [-0.3, -0.25) is 4.79 Å². The second kappa shape index (κ2) is 7.04. The summed E-state index contributed by atoms with van der Waals surface area (Å²) in [7, 11) is 1.78. The lowest BCUT2D eigenvalue weighted by molar-refractivity contribution is -0.119. The van der Waals surface area contributed by atoms with Gasteiger partial charge in [0.25, 0.3) is 0 Å². The molecular weight excluding hydrogens is 260 g/mol. The van der Waals surface area contributed by atoms with Crippen LogP contribution in [0.25, 0.3) is 0 Å². The monoisotopic (exact) mass is 282 g/mol. The quantitative estimate of drug-likeness (QED) is 0.916. The van der Waals surface area contributed by atoms with Gasteiger partial charge < -0.3 is 10.6 Å². The van der Waals surface area contributed by atoms with Gasteiger partial charge in [0.1, 0.15) is 0 Å². The maximum Gasteiger partial charge on any atom is 0.243 e. The molecule has 0 bridgehead atoms. The average Bonchev–Trinajstić information content (AvgIpc) is 2.52. The minimum absolute atomic E-state index is 0.0415. The van der Waals surface area contributed by atoms with Gasteiger partial charge >= 0.3 is 0 Å². The smallest absolute Gasteiger partial charge is 0.243 e. The van der Waals surface area contributed by atoms with E-state index in [1.165, 1.54) is 5.56 Å². The number of aryl methyl sites for hydroxylation is 2. The van der Waals surface area contributed by atoms with Crippen LogP contribution in [0.2, 0.25) is 0 Å². The molecule has 3 nitrogen and oxygen atoms in total. The van der Waals surface area contributed by atoms with Gasteiger partial charge in [0, 0.05) is 12.7 Å². The Morgan fingerprint density at radius 2 is 1.71 bits per heavy atom. The Hall–Kier alpha value is -2.13. The van der Waals surface area contributed by atoms with Crippen LogP contribution in [0.5, 0.6) is 0 Å². The van der Waals surface area contributed by atoms with Crippen molar-refractivity contribution in [1.82, 2.24) is 0 Å². The molecule has 3 heteroatoms. The molecule has 0 spiro atoms. The topological polar surface area (TPSA) is 46.3 Å². The fraction of sp³-hybridized carbons (Fsp3) is 0.278. The first-order chi connectivity index (χ1) is 10.1. The molecule has 0 aliphatic carbocycles. The molecule has 0 aromatic heterocycles. The molecule has 0 aliphatic rings. The van der Waals surface area contributed by atoms with Crippen molar-refractivity contribution < 1.29 is 4.79 Å². The first-order valence-electron chi connectivity index (χ1n) is 7.22. The Labute approximate surface area is 126 Å². The zero-order chi connectivity index (χ0) is 15.2. The van der Waals surface area contributed by atoms with E-state index < -0.39 is 6.04 Å². The first kappa shape index (κ1) is 15.3. The number of nitrogens with zero attached hydrogens (tertiary/aromatic N) is 1. The van der Waals surface area contributed by atoms with Gasteiger partial charge in [-0.1, -0.05) is 48.5 Å². The van der Waals surface area contributed by atoms with Gasteiger partial charge in [-0.2, -0.15) is 0 Å². The number of amides is 1. The predicted octanol–water partition coefficient (Wildman–Crippen LogP) is 2.92. The summed E-state index contributed by atoms with van der Waals surface area (Å²) in [5.74, 6) is -0.0415. The summed E-state index contributed by atoms with van der Waals surface area (Å²) in [4.78, 5) is 14.1. The van der Waals surface area contributed by atoms with E-state index >= 15 is 0 Å². The first-order valence-corrected chi connectivity index (χ1v) is 7.22. The summed E-state index contributed by atoms with van der Waals surface area (Å²) in [5.41, 5.74) is 9.26. The lowest BCUT2D eigenvalue weighted by atomic mass is 10.0. The van der Waals surface area contributed by atoms with E-state index in [1.807, 2.05) is 49.4 Å². The number of hydrogen-bond donors (Lipinski definition) is 1. The number of likely N-dealkylation sites (N-methyl/N-ethyl adjacent to an activating group) is 1. The molecule has 2 rings (SSSR count).